The van der Waals surface area contributed by atoms with Gasteiger partial charge in [-0.15, -0.1) is 0 Å². The van der Waals surface area contributed by atoms with Crippen LogP contribution in [0.25, 0.3) is 0 Å². The molecule has 3 rings (SSSR count). The van der Waals surface area contributed by atoms with Crippen LogP contribution in [0, 0.1) is 19.8 Å². The second kappa shape index (κ2) is 7.29. The highest BCUT2D eigenvalue weighted by atomic mass is 16.5. The van der Waals surface area contributed by atoms with Gasteiger partial charge in [-0.25, -0.2) is 4.98 Å². The van der Waals surface area contributed by atoms with Gasteiger partial charge in [-0.3, -0.25) is 14.6 Å². The SMILES string of the molecule is COc1c(C)cnc(CN2c3nc(N)ncc3NC(=O)[C@@H]2C(C)C(=O)O)c1C. The summed E-state index contributed by atoms with van der Waals surface area (Å²) in [4.78, 5) is 38.5. The third-order valence-electron chi connectivity index (χ3n) is 4.85. The second-order valence-corrected chi connectivity index (χ2v) is 6.70. The summed E-state index contributed by atoms with van der Waals surface area (Å²) in [6, 6.07) is -0.993. The van der Waals surface area contributed by atoms with Crippen molar-refractivity contribution in [1.82, 2.24) is 15.0 Å². The maximum Gasteiger partial charge on any atom is 0.308 e. The number of amides is 1. The Kier molecular flexibility index (Phi) is 5.04. The Labute approximate surface area is 161 Å². The van der Waals surface area contributed by atoms with Crippen molar-refractivity contribution in [2.45, 2.75) is 33.4 Å². The average Bonchev–Trinajstić information content (AvgIpc) is 2.64. The summed E-state index contributed by atoms with van der Waals surface area (Å²) in [6.45, 7) is 5.38. The summed E-state index contributed by atoms with van der Waals surface area (Å²) in [7, 11) is 1.58. The van der Waals surface area contributed by atoms with Gasteiger partial charge in [0, 0.05) is 17.3 Å². The van der Waals surface area contributed by atoms with Crippen molar-refractivity contribution >= 4 is 29.3 Å². The predicted molar refractivity (Wildman–Crippen MR) is 102 cm³/mol. The smallest absolute Gasteiger partial charge is 0.308 e. The number of anilines is 3. The number of nitrogens with one attached hydrogen (secondary N) is 1. The van der Waals surface area contributed by atoms with Gasteiger partial charge in [-0.2, -0.15) is 4.98 Å². The summed E-state index contributed by atoms with van der Waals surface area (Å²) in [5.74, 6) is -1.47. The molecule has 0 fully saturated rings. The Bertz CT molecular complexity index is 948. The van der Waals surface area contributed by atoms with Gasteiger partial charge in [0.05, 0.1) is 31.5 Å². The summed E-state index contributed by atoms with van der Waals surface area (Å²) >= 11 is 0. The molecule has 1 amide bonds. The Morgan fingerprint density at radius 3 is 2.75 bits per heavy atom. The fraction of sp³-hybridized carbons (Fsp3) is 0.389. The molecule has 2 atom stereocenters. The maximum absolute atomic E-state index is 12.7. The highest BCUT2D eigenvalue weighted by Gasteiger charge is 2.41. The van der Waals surface area contributed by atoms with Crippen molar-refractivity contribution in [2.75, 3.05) is 23.1 Å². The van der Waals surface area contributed by atoms with Gasteiger partial charge < -0.3 is 25.8 Å². The number of rotatable bonds is 5. The first-order chi connectivity index (χ1) is 13.2. The number of methoxy groups -OCH3 is 1. The molecule has 2 aromatic rings. The molecular weight excluding hydrogens is 364 g/mol. The zero-order valence-corrected chi connectivity index (χ0v) is 16.1. The van der Waals surface area contributed by atoms with E-state index in [2.05, 4.69) is 20.3 Å². The van der Waals surface area contributed by atoms with Crippen molar-refractivity contribution in [3.63, 3.8) is 0 Å². The number of aliphatic carboxylic acids is 1. The minimum Gasteiger partial charge on any atom is -0.496 e. The fourth-order valence-corrected chi connectivity index (χ4v) is 3.37. The minimum atomic E-state index is -1.10. The van der Waals surface area contributed by atoms with Crippen LogP contribution in [0.15, 0.2) is 12.4 Å². The molecular formula is C18H22N6O4. The number of fused-ring (bicyclic) bond motifs is 1. The lowest BCUT2D eigenvalue weighted by molar-refractivity contribution is -0.143. The molecule has 0 saturated heterocycles. The van der Waals surface area contributed by atoms with Gasteiger partial charge in [0.25, 0.3) is 0 Å². The first kappa shape index (κ1) is 19.3. The first-order valence-corrected chi connectivity index (χ1v) is 8.66. The number of carboxylic acids is 1. The molecule has 0 bridgehead atoms. The largest absolute Gasteiger partial charge is 0.496 e. The molecule has 10 heteroatoms. The van der Waals surface area contributed by atoms with Crippen LogP contribution in [0.5, 0.6) is 5.75 Å². The number of carboxylic acid groups (broad SMARTS) is 1. The van der Waals surface area contributed by atoms with E-state index in [1.54, 1.807) is 18.2 Å². The zero-order chi connectivity index (χ0) is 20.6. The van der Waals surface area contributed by atoms with Crippen LogP contribution < -0.4 is 20.7 Å². The van der Waals surface area contributed by atoms with Gasteiger partial charge in [0.2, 0.25) is 11.9 Å². The molecule has 148 valence electrons. The van der Waals surface area contributed by atoms with E-state index in [1.165, 1.54) is 13.1 Å². The number of ether oxygens (including phenoxy) is 1. The molecule has 1 aliphatic heterocycles. The summed E-state index contributed by atoms with van der Waals surface area (Å²) in [5.41, 5.74) is 8.42. The Morgan fingerprint density at radius 2 is 2.11 bits per heavy atom. The zero-order valence-electron chi connectivity index (χ0n) is 16.1. The monoisotopic (exact) mass is 386 g/mol. The number of carbonyl (C=O) groups excluding carboxylic acids is 1. The van der Waals surface area contributed by atoms with E-state index in [1.807, 2.05) is 13.8 Å². The molecule has 0 spiro atoms. The van der Waals surface area contributed by atoms with Gasteiger partial charge in [0.1, 0.15) is 17.5 Å². The van der Waals surface area contributed by atoms with Gasteiger partial charge >= 0.3 is 5.97 Å². The maximum atomic E-state index is 12.7. The van der Waals surface area contributed by atoms with Crippen molar-refractivity contribution in [1.29, 1.82) is 0 Å². The average molecular weight is 386 g/mol. The lowest BCUT2D eigenvalue weighted by Gasteiger charge is -2.38. The van der Waals surface area contributed by atoms with E-state index in [-0.39, 0.29) is 12.5 Å². The first-order valence-electron chi connectivity index (χ1n) is 8.66. The highest BCUT2D eigenvalue weighted by molar-refractivity contribution is 6.04. The fourth-order valence-electron chi connectivity index (χ4n) is 3.37. The van der Waals surface area contributed by atoms with Crippen molar-refractivity contribution in [3.05, 3.63) is 29.2 Å². The van der Waals surface area contributed by atoms with Gasteiger partial charge in [0.15, 0.2) is 5.82 Å². The predicted octanol–water partition coefficient (Wildman–Crippen LogP) is 1.13. The van der Waals surface area contributed by atoms with Crippen molar-refractivity contribution in [3.8, 4) is 5.75 Å². The van der Waals surface area contributed by atoms with Crippen molar-refractivity contribution in [2.24, 2.45) is 5.92 Å². The highest BCUT2D eigenvalue weighted by Crippen LogP contribution is 2.35. The number of aryl methyl sites for hydroxylation is 1. The third kappa shape index (κ3) is 3.28. The topological polar surface area (TPSA) is 144 Å². The van der Waals surface area contributed by atoms with Crippen LogP contribution in [-0.2, 0) is 16.1 Å². The lowest BCUT2D eigenvalue weighted by atomic mass is 9.96. The summed E-state index contributed by atoms with van der Waals surface area (Å²) in [6.07, 6.45) is 3.08. The molecule has 4 N–H and O–H groups in total. The van der Waals surface area contributed by atoms with E-state index < -0.39 is 23.8 Å². The lowest BCUT2D eigenvalue weighted by Crippen LogP contribution is -2.53. The molecule has 0 saturated carbocycles. The van der Waals surface area contributed by atoms with E-state index >= 15 is 0 Å². The standard InChI is InChI=1S/C18H22N6O4/c1-8-5-20-12(9(2)14(8)28-4)7-24-13(10(3)17(26)27)16(25)22-11-6-21-18(19)23-15(11)24/h5-6,10,13H,7H2,1-4H3,(H,22,25)(H,26,27)(H2,19,21,23)/t10?,13-/m0/s1. The van der Waals surface area contributed by atoms with E-state index in [4.69, 9.17) is 10.5 Å². The molecule has 0 aliphatic carbocycles. The van der Waals surface area contributed by atoms with Crippen LogP contribution in [0.1, 0.15) is 23.7 Å². The van der Waals surface area contributed by atoms with Gasteiger partial charge in [-0.1, -0.05) is 0 Å². The Morgan fingerprint density at radius 1 is 1.39 bits per heavy atom. The number of hydrogen-bond donors (Lipinski definition) is 3. The van der Waals surface area contributed by atoms with Crippen LogP contribution in [0.2, 0.25) is 0 Å². The Hall–Kier alpha value is -3.43. The van der Waals surface area contributed by atoms with Gasteiger partial charge in [-0.05, 0) is 20.8 Å². The molecule has 2 aromatic heterocycles. The van der Waals surface area contributed by atoms with Crippen LogP contribution >= 0.6 is 0 Å². The summed E-state index contributed by atoms with van der Waals surface area (Å²) in [5, 5.41) is 12.2. The number of nitrogens with two attached hydrogens (primary N) is 1. The number of hydrogen-bond acceptors (Lipinski definition) is 8. The quantitative estimate of drug-likeness (QED) is 0.688. The number of nitrogen functional groups attached to an aromatic ring is 1. The molecule has 0 aromatic carbocycles. The number of aromatic nitrogens is 3. The molecule has 3 heterocycles. The summed E-state index contributed by atoms with van der Waals surface area (Å²) < 4.78 is 5.45. The molecule has 1 unspecified atom stereocenters. The molecule has 1 aliphatic rings. The Balaban J connectivity index is 2.12. The van der Waals surface area contributed by atoms with E-state index in [0.717, 1.165) is 11.1 Å². The molecule has 28 heavy (non-hydrogen) atoms. The third-order valence-corrected chi connectivity index (χ3v) is 4.85. The van der Waals surface area contributed by atoms with Crippen LogP contribution in [0.3, 0.4) is 0 Å². The van der Waals surface area contributed by atoms with Crippen LogP contribution in [-0.4, -0.2) is 45.1 Å². The molecule has 10 nitrogen and oxygen atoms in total. The second-order valence-electron chi connectivity index (χ2n) is 6.70. The molecule has 0 radical (unpaired) electrons. The van der Waals surface area contributed by atoms with E-state index in [0.29, 0.717) is 22.9 Å². The minimum absolute atomic E-state index is 0.0211. The number of pyridine rings is 1. The van der Waals surface area contributed by atoms with Crippen molar-refractivity contribution < 1.29 is 19.4 Å². The number of nitrogens with zero attached hydrogens (tertiary/aromatic N) is 4. The van der Waals surface area contributed by atoms with E-state index in [9.17, 15) is 14.7 Å². The normalized spacial score (nSPS) is 16.9. The number of carbonyl (C=O) groups is 2. The van der Waals surface area contributed by atoms with Crippen LogP contribution in [0.4, 0.5) is 17.5 Å².